The van der Waals surface area contributed by atoms with Crippen LogP contribution in [0.3, 0.4) is 0 Å². The van der Waals surface area contributed by atoms with E-state index >= 15 is 0 Å². The molecule has 0 amide bonds. The summed E-state index contributed by atoms with van der Waals surface area (Å²) >= 11 is 1.58. The van der Waals surface area contributed by atoms with Gasteiger partial charge in [-0.05, 0) is 23.9 Å². The first-order valence-electron chi connectivity index (χ1n) is 6.59. The number of rotatable bonds is 5. The monoisotopic (exact) mass is 317 g/mol. The average Bonchev–Trinajstić information content (AvgIpc) is 3.12. The van der Waals surface area contributed by atoms with Gasteiger partial charge < -0.3 is 4.42 Å². The number of hydrogen-bond acceptors (Lipinski definition) is 4. The molecule has 0 aliphatic rings. The molecule has 3 rings (SSSR count). The van der Waals surface area contributed by atoms with E-state index in [1.807, 2.05) is 48.7 Å². The Hall–Kier alpha value is -1.72. The molecule has 3 aromatic rings. The first-order chi connectivity index (χ1) is 10.2. The first-order valence-corrected chi connectivity index (χ1v) is 8.96. The third kappa shape index (κ3) is 3.68. The number of nitrogens with zero attached hydrogens (tertiary/aromatic N) is 1. The van der Waals surface area contributed by atoms with E-state index in [9.17, 15) is 4.21 Å². The summed E-state index contributed by atoms with van der Waals surface area (Å²) in [5, 5.41) is 1.98. The lowest BCUT2D eigenvalue weighted by Crippen LogP contribution is -1.99. The van der Waals surface area contributed by atoms with E-state index in [0.29, 0.717) is 17.4 Å². The van der Waals surface area contributed by atoms with E-state index in [2.05, 4.69) is 4.98 Å². The normalized spacial score (nSPS) is 12.4. The Kier molecular flexibility index (Phi) is 4.31. The van der Waals surface area contributed by atoms with Gasteiger partial charge in [-0.2, -0.15) is 0 Å². The summed E-state index contributed by atoms with van der Waals surface area (Å²) in [5.41, 5.74) is 3.03. The van der Waals surface area contributed by atoms with Crippen LogP contribution in [-0.4, -0.2) is 9.19 Å². The molecule has 0 bridgehead atoms. The second-order valence-corrected chi connectivity index (χ2v) is 7.24. The number of thiophene rings is 1. The molecule has 0 spiro atoms. The number of aromatic nitrogens is 1. The van der Waals surface area contributed by atoms with E-state index in [0.717, 1.165) is 16.1 Å². The second-order valence-electron chi connectivity index (χ2n) is 4.84. The average molecular weight is 317 g/mol. The zero-order chi connectivity index (χ0) is 14.7. The van der Waals surface area contributed by atoms with Crippen molar-refractivity contribution in [2.45, 2.75) is 18.4 Å². The maximum Gasteiger partial charge on any atom is 0.236 e. The maximum absolute atomic E-state index is 12.2. The fourth-order valence-electron chi connectivity index (χ4n) is 1.97. The van der Waals surface area contributed by atoms with Crippen LogP contribution in [0.4, 0.5) is 0 Å². The van der Waals surface area contributed by atoms with Gasteiger partial charge >= 0.3 is 0 Å². The van der Waals surface area contributed by atoms with Gasteiger partial charge in [0, 0.05) is 16.6 Å². The summed E-state index contributed by atoms with van der Waals surface area (Å²) in [6.45, 7) is 2.04. The summed E-state index contributed by atoms with van der Waals surface area (Å²) < 4.78 is 17.6. The van der Waals surface area contributed by atoms with Gasteiger partial charge in [0.15, 0.2) is 0 Å². The minimum atomic E-state index is -0.981. The molecule has 0 fully saturated rings. The lowest BCUT2D eigenvalue weighted by atomic mass is 10.2. The number of benzene rings is 1. The molecule has 0 radical (unpaired) electrons. The highest BCUT2D eigenvalue weighted by molar-refractivity contribution is 7.83. The highest BCUT2D eigenvalue weighted by Gasteiger charge is 2.10. The van der Waals surface area contributed by atoms with Gasteiger partial charge in [-0.1, -0.05) is 35.9 Å². The fraction of sp³-hybridized carbons (Fsp3) is 0.188. The van der Waals surface area contributed by atoms with Crippen LogP contribution < -0.4 is 0 Å². The predicted molar refractivity (Wildman–Crippen MR) is 86.5 cm³/mol. The minimum absolute atomic E-state index is 0.419. The van der Waals surface area contributed by atoms with Crippen LogP contribution in [0.5, 0.6) is 0 Å². The van der Waals surface area contributed by atoms with Crippen molar-refractivity contribution in [1.29, 1.82) is 0 Å². The molecule has 0 aliphatic carbocycles. The molecule has 2 aromatic heterocycles. The second kappa shape index (κ2) is 6.37. The van der Waals surface area contributed by atoms with Gasteiger partial charge in [-0.3, -0.25) is 4.21 Å². The Morgan fingerprint density at radius 2 is 2.00 bits per heavy atom. The van der Waals surface area contributed by atoms with Crippen LogP contribution in [-0.2, 0) is 22.3 Å². The van der Waals surface area contributed by atoms with Gasteiger partial charge in [-0.15, -0.1) is 11.3 Å². The molecule has 1 aromatic carbocycles. The van der Waals surface area contributed by atoms with Gasteiger partial charge in [0.1, 0.15) is 6.26 Å². The molecule has 5 heteroatoms. The lowest BCUT2D eigenvalue weighted by Gasteiger charge is -2.01. The third-order valence-corrected chi connectivity index (χ3v) is 5.17. The summed E-state index contributed by atoms with van der Waals surface area (Å²) in [5.74, 6) is 1.57. The van der Waals surface area contributed by atoms with Crippen LogP contribution in [0, 0.1) is 6.92 Å². The summed E-state index contributed by atoms with van der Waals surface area (Å²) in [7, 11) is -0.981. The topological polar surface area (TPSA) is 43.1 Å². The molecule has 1 unspecified atom stereocenters. The molecule has 108 valence electrons. The van der Waals surface area contributed by atoms with Gasteiger partial charge in [0.2, 0.25) is 5.89 Å². The Labute approximate surface area is 130 Å². The van der Waals surface area contributed by atoms with E-state index < -0.39 is 10.8 Å². The molecule has 21 heavy (non-hydrogen) atoms. The van der Waals surface area contributed by atoms with Crippen molar-refractivity contribution in [2.75, 3.05) is 0 Å². The summed E-state index contributed by atoms with van der Waals surface area (Å²) in [6.07, 6.45) is 1.60. The van der Waals surface area contributed by atoms with Crippen LogP contribution in [0.15, 0.2) is 52.5 Å². The maximum atomic E-state index is 12.2. The standard InChI is InChI=1S/C16H15NO2S2/c1-12-4-6-13(7-5-12)10-21(18)11-14-9-19-16(17-14)15-3-2-8-20-15/h2-9H,10-11H2,1H3. The Morgan fingerprint density at radius 3 is 2.71 bits per heavy atom. The van der Waals surface area contributed by atoms with Gasteiger partial charge in [-0.25, -0.2) is 4.98 Å². The van der Waals surface area contributed by atoms with E-state index in [4.69, 9.17) is 4.42 Å². The van der Waals surface area contributed by atoms with Crippen LogP contribution >= 0.6 is 11.3 Å². The van der Waals surface area contributed by atoms with E-state index in [-0.39, 0.29) is 0 Å². The van der Waals surface area contributed by atoms with Crippen LogP contribution in [0.2, 0.25) is 0 Å². The van der Waals surface area contributed by atoms with Crippen molar-refractivity contribution in [3.8, 4) is 10.8 Å². The fourth-order valence-corrected chi connectivity index (χ4v) is 3.76. The van der Waals surface area contributed by atoms with Crippen molar-refractivity contribution in [1.82, 2.24) is 4.98 Å². The number of hydrogen-bond donors (Lipinski definition) is 0. The molecule has 0 N–H and O–H groups in total. The highest BCUT2D eigenvalue weighted by Crippen LogP contribution is 2.24. The molecule has 2 heterocycles. The molecule has 0 aliphatic heterocycles. The molecule has 1 atom stereocenters. The number of aryl methyl sites for hydroxylation is 1. The molecular weight excluding hydrogens is 302 g/mol. The minimum Gasteiger partial charge on any atom is -0.444 e. The van der Waals surface area contributed by atoms with Crippen molar-refractivity contribution < 1.29 is 8.63 Å². The van der Waals surface area contributed by atoms with E-state index in [1.165, 1.54) is 5.56 Å². The molecular formula is C16H15NO2S2. The Morgan fingerprint density at radius 1 is 1.19 bits per heavy atom. The SMILES string of the molecule is Cc1ccc(CS(=O)Cc2coc(-c3cccs3)n2)cc1. The smallest absolute Gasteiger partial charge is 0.236 e. The summed E-state index contributed by atoms with van der Waals surface area (Å²) in [4.78, 5) is 5.39. The Balaban J connectivity index is 1.64. The molecule has 0 saturated carbocycles. The van der Waals surface area contributed by atoms with Crippen LogP contribution in [0.25, 0.3) is 10.8 Å². The lowest BCUT2D eigenvalue weighted by molar-refractivity contribution is 0.574. The molecule has 0 saturated heterocycles. The largest absolute Gasteiger partial charge is 0.444 e. The zero-order valence-corrected chi connectivity index (χ0v) is 13.2. The molecule has 3 nitrogen and oxygen atoms in total. The van der Waals surface area contributed by atoms with Gasteiger partial charge in [0.25, 0.3) is 0 Å². The zero-order valence-electron chi connectivity index (χ0n) is 11.6. The predicted octanol–water partition coefficient (Wildman–Crippen LogP) is 4.16. The highest BCUT2D eigenvalue weighted by atomic mass is 32.2. The summed E-state index contributed by atoms with van der Waals surface area (Å²) in [6, 6.07) is 12.0. The van der Waals surface area contributed by atoms with Crippen molar-refractivity contribution in [3.63, 3.8) is 0 Å². The van der Waals surface area contributed by atoms with Gasteiger partial charge in [0.05, 0.1) is 16.3 Å². The van der Waals surface area contributed by atoms with Crippen molar-refractivity contribution >= 4 is 22.1 Å². The van der Waals surface area contributed by atoms with Crippen molar-refractivity contribution in [3.05, 3.63) is 64.9 Å². The number of oxazole rings is 1. The van der Waals surface area contributed by atoms with Crippen LogP contribution in [0.1, 0.15) is 16.8 Å². The van der Waals surface area contributed by atoms with E-state index in [1.54, 1.807) is 17.6 Å². The quantitative estimate of drug-likeness (QED) is 0.709. The first kappa shape index (κ1) is 14.2. The Bertz CT molecular complexity index is 730. The third-order valence-electron chi connectivity index (χ3n) is 3.04. The van der Waals surface area contributed by atoms with Crippen molar-refractivity contribution in [2.24, 2.45) is 0 Å².